The van der Waals surface area contributed by atoms with Crippen LogP contribution in [0, 0.1) is 20.2 Å². The molecule has 0 aromatic rings. The van der Waals surface area contributed by atoms with Gasteiger partial charge in [0.2, 0.25) is 0 Å². The molecule has 0 aliphatic carbocycles. The molecule has 0 aromatic carbocycles. The number of nitro groups is 1. The largest absolute Gasteiger partial charge is 0.464 e. The number of nitrogens with zero attached hydrogens (tertiary/aromatic N) is 2. The Kier molecular flexibility index (Phi) is 4.26. The van der Waals surface area contributed by atoms with Crippen LogP contribution in [0.2, 0.25) is 0 Å². The SMILES string of the molecule is COC(=O)C(C(C)O[N+](=O)[O-])[N+](=O)[O-]. The number of carbonyl (C=O) groups is 1. The number of methoxy groups -OCH3 is 1. The van der Waals surface area contributed by atoms with Crippen molar-refractivity contribution in [1.82, 2.24) is 0 Å². The first-order valence-corrected chi connectivity index (χ1v) is 3.42. The van der Waals surface area contributed by atoms with Gasteiger partial charge in [0, 0.05) is 4.92 Å². The van der Waals surface area contributed by atoms with Crippen molar-refractivity contribution in [2.45, 2.75) is 19.1 Å². The number of hydrogen-bond acceptors (Lipinski definition) is 7. The van der Waals surface area contributed by atoms with E-state index in [2.05, 4.69) is 9.57 Å². The molecular formula is C5H8N2O7. The van der Waals surface area contributed by atoms with Crippen LogP contribution in [0.25, 0.3) is 0 Å². The second-order valence-corrected chi connectivity index (χ2v) is 2.29. The Morgan fingerprint density at radius 3 is 2.14 bits per heavy atom. The molecule has 0 saturated heterocycles. The molecule has 80 valence electrons. The molecule has 0 rings (SSSR count). The number of hydrogen-bond donors (Lipinski definition) is 0. The van der Waals surface area contributed by atoms with Crippen molar-refractivity contribution in [1.29, 1.82) is 0 Å². The highest BCUT2D eigenvalue weighted by molar-refractivity contribution is 5.74. The Balaban J connectivity index is 4.57. The van der Waals surface area contributed by atoms with E-state index in [1.54, 1.807) is 0 Å². The monoisotopic (exact) mass is 208 g/mol. The molecule has 0 N–H and O–H groups in total. The minimum absolute atomic E-state index is 0.942. The minimum atomic E-state index is -1.90. The molecule has 0 radical (unpaired) electrons. The van der Waals surface area contributed by atoms with Gasteiger partial charge in [-0.25, -0.2) is 4.79 Å². The van der Waals surface area contributed by atoms with Crippen LogP contribution in [-0.4, -0.2) is 35.2 Å². The fourth-order valence-corrected chi connectivity index (χ4v) is 0.763. The number of ether oxygens (including phenoxy) is 1. The molecule has 0 bridgehead atoms. The van der Waals surface area contributed by atoms with Gasteiger partial charge in [-0.15, -0.1) is 10.1 Å². The summed E-state index contributed by atoms with van der Waals surface area (Å²) in [6.45, 7) is 1.03. The summed E-state index contributed by atoms with van der Waals surface area (Å²) < 4.78 is 4.09. The van der Waals surface area contributed by atoms with Crippen LogP contribution in [0.5, 0.6) is 0 Å². The van der Waals surface area contributed by atoms with Crippen LogP contribution in [0.4, 0.5) is 0 Å². The Bertz CT molecular complexity index is 252. The number of carbonyl (C=O) groups excluding carboxylic acids is 1. The van der Waals surface area contributed by atoms with E-state index in [4.69, 9.17) is 0 Å². The summed E-state index contributed by atoms with van der Waals surface area (Å²) in [5.41, 5.74) is 0. The van der Waals surface area contributed by atoms with E-state index in [0.29, 0.717) is 0 Å². The lowest BCUT2D eigenvalue weighted by atomic mass is 10.2. The first kappa shape index (κ1) is 12.1. The third-order valence-electron chi connectivity index (χ3n) is 1.37. The highest BCUT2D eigenvalue weighted by Gasteiger charge is 2.39. The molecule has 0 heterocycles. The molecule has 0 aliphatic heterocycles. The average Bonchev–Trinajstić information content (AvgIpc) is 2.01. The fourth-order valence-electron chi connectivity index (χ4n) is 0.763. The van der Waals surface area contributed by atoms with Gasteiger partial charge in [0.15, 0.2) is 6.10 Å². The average molecular weight is 208 g/mol. The first-order valence-electron chi connectivity index (χ1n) is 3.42. The van der Waals surface area contributed by atoms with Gasteiger partial charge in [0.05, 0.1) is 7.11 Å². The van der Waals surface area contributed by atoms with Crippen LogP contribution in [0.3, 0.4) is 0 Å². The van der Waals surface area contributed by atoms with E-state index in [1.165, 1.54) is 0 Å². The highest BCUT2D eigenvalue weighted by Crippen LogP contribution is 2.05. The topological polar surface area (TPSA) is 122 Å². The quantitative estimate of drug-likeness (QED) is 0.335. The van der Waals surface area contributed by atoms with Crippen molar-refractivity contribution >= 4 is 5.97 Å². The molecule has 0 spiro atoms. The standard InChI is InChI=1S/C5H8N2O7/c1-3(14-7(11)12)4(6(9)10)5(8)13-2/h3-4H,1-2H3. The molecule has 9 nitrogen and oxygen atoms in total. The van der Waals surface area contributed by atoms with Crippen molar-refractivity contribution in [2.75, 3.05) is 7.11 Å². The van der Waals surface area contributed by atoms with Crippen molar-refractivity contribution in [3.8, 4) is 0 Å². The second-order valence-electron chi connectivity index (χ2n) is 2.29. The summed E-state index contributed by atoms with van der Waals surface area (Å²) in [5, 5.41) is 19.0. The maximum Gasteiger partial charge on any atom is 0.383 e. The predicted molar refractivity (Wildman–Crippen MR) is 40.3 cm³/mol. The third kappa shape index (κ3) is 3.21. The zero-order valence-electron chi connectivity index (χ0n) is 7.41. The molecule has 0 fully saturated rings. The van der Waals surface area contributed by atoms with Gasteiger partial charge in [-0.1, -0.05) is 0 Å². The number of esters is 1. The molecule has 0 amide bonds. The number of rotatable bonds is 5. The fraction of sp³-hybridized carbons (Fsp3) is 0.800. The lowest BCUT2D eigenvalue weighted by molar-refractivity contribution is -0.775. The molecule has 0 aliphatic rings. The predicted octanol–water partition coefficient (Wildman–Crippen LogP) is -0.598. The van der Waals surface area contributed by atoms with E-state index in [1.807, 2.05) is 0 Å². The summed E-state index contributed by atoms with van der Waals surface area (Å²) in [4.78, 5) is 33.9. The van der Waals surface area contributed by atoms with Gasteiger partial charge < -0.3 is 9.57 Å². The Morgan fingerprint density at radius 2 is 1.86 bits per heavy atom. The summed E-state index contributed by atoms with van der Waals surface area (Å²) in [7, 11) is 0.942. The van der Waals surface area contributed by atoms with E-state index >= 15 is 0 Å². The van der Waals surface area contributed by atoms with Gasteiger partial charge in [-0.05, 0) is 6.92 Å². The smallest absolute Gasteiger partial charge is 0.383 e. The lowest BCUT2D eigenvalue weighted by Crippen LogP contribution is -2.42. The summed E-state index contributed by atoms with van der Waals surface area (Å²) >= 11 is 0. The van der Waals surface area contributed by atoms with Crippen LogP contribution in [-0.2, 0) is 14.4 Å². The summed E-state index contributed by atoms with van der Waals surface area (Å²) in [5.74, 6) is -1.19. The van der Waals surface area contributed by atoms with Gasteiger partial charge in [-0.3, -0.25) is 10.1 Å². The molecule has 0 saturated carbocycles. The molecule has 2 unspecified atom stereocenters. The summed E-state index contributed by atoms with van der Waals surface area (Å²) in [6, 6.07) is -1.90. The zero-order valence-corrected chi connectivity index (χ0v) is 7.41. The van der Waals surface area contributed by atoms with Crippen LogP contribution in [0.1, 0.15) is 6.92 Å². The van der Waals surface area contributed by atoms with Crippen LogP contribution >= 0.6 is 0 Å². The van der Waals surface area contributed by atoms with E-state index in [0.717, 1.165) is 14.0 Å². The maximum absolute atomic E-state index is 10.8. The Labute approximate surface area is 77.8 Å². The zero-order chi connectivity index (χ0) is 11.3. The normalized spacial score (nSPS) is 13.9. The van der Waals surface area contributed by atoms with Crippen LogP contribution < -0.4 is 0 Å². The molecule has 14 heavy (non-hydrogen) atoms. The molecule has 2 atom stereocenters. The minimum Gasteiger partial charge on any atom is -0.464 e. The van der Waals surface area contributed by atoms with E-state index < -0.39 is 28.1 Å². The van der Waals surface area contributed by atoms with Gasteiger partial charge in [0.25, 0.3) is 5.09 Å². The van der Waals surface area contributed by atoms with E-state index in [-0.39, 0.29) is 0 Å². The first-order chi connectivity index (χ1) is 6.40. The molecular weight excluding hydrogens is 200 g/mol. The second kappa shape index (κ2) is 4.94. The Hall–Kier alpha value is -1.93. The van der Waals surface area contributed by atoms with Gasteiger partial charge in [0.1, 0.15) is 0 Å². The lowest BCUT2D eigenvalue weighted by Gasteiger charge is -2.12. The Morgan fingerprint density at radius 1 is 1.36 bits per heavy atom. The van der Waals surface area contributed by atoms with Crippen LogP contribution in [0.15, 0.2) is 0 Å². The van der Waals surface area contributed by atoms with Gasteiger partial charge >= 0.3 is 12.0 Å². The van der Waals surface area contributed by atoms with E-state index in [9.17, 15) is 25.0 Å². The van der Waals surface area contributed by atoms with Crippen molar-refractivity contribution in [2.24, 2.45) is 0 Å². The molecule has 9 heteroatoms. The maximum atomic E-state index is 10.8. The third-order valence-corrected chi connectivity index (χ3v) is 1.37. The van der Waals surface area contributed by atoms with Crippen molar-refractivity contribution in [3.05, 3.63) is 20.2 Å². The van der Waals surface area contributed by atoms with Gasteiger partial charge in [-0.2, -0.15) is 0 Å². The summed E-state index contributed by atoms with van der Waals surface area (Å²) in [6.07, 6.45) is -1.49. The van der Waals surface area contributed by atoms with Crippen molar-refractivity contribution < 1.29 is 24.4 Å². The highest BCUT2D eigenvalue weighted by atomic mass is 17.0. The van der Waals surface area contributed by atoms with Crippen molar-refractivity contribution in [3.63, 3.8) is 0 Å². The molecule has 0 aromatic heterocycles.